The molecule has 0 spiro atoms. The van der Waals surface area contributed by atoms with Gasteiger partial charge in [-0.2, -0.15) is 0 Å². The average Bonchev–Trinajstić information content (AvgIpc) is 2.60. The molecule has 0 aromatic heterocycles. The van der Waals surface area contributed by atoms with E-state index in [9.17, 15) is 0 Å². The van der Waals surface area contributed by atoms with Crippen LogP contribution in [0.2, 0.25) is 0 Å². The Hall–Kier alpha value is -2.15. The van der Waals surface area contributed by atoms with Crippen LogP contribution >= 0.6 is 0 Å². The van der Waals surface area contributed by atoms with Crippen molar-refractivity contribution in [3.63, 3.8) is 0 Å². The monoisotopic (exact) mass is 233 g/mol. The average molecular weight is 233 g/mol. The number of hydrogen-bond acceptors (Lipinski definition) is 1. The molecule has 0 saturated heterocycles. The van der Waals surface area contributed by atoms with Crippen molar-refractivity contribution in [2.45, 2.75) is 13.5 Å². The summed E-state index contributed by atoms with van der Waals surface area (Å²) in [5, 5.41) is 0. The lowest BCUT2D eigenvalue weighted by Crippen LogP contribution is -1.96. The van der Waals surface area contributed by atoms with Crippen LogP contribution < -0.4 is 0 Å². The van der Waals surface area contributed by atoms with Crippen molar-refractivity contribution in [2.24, 2.45) is 4.99 Å². The molecule has 0 bridgehead atoms. The fraction of sp³-hybridized carbons (Fsp3) is 0.118. The van der Waals surface area contributed by atoms with Gasteiger partial charge in [-0.25, -0.2) is 0 Å². The van der Waals surface area contributed by atoms with Gasteiger partial charge in [-0.05, 0) is 35.3 Å². The quantitative estimate of drug-likeness (QED) is 0.703. The summed E-state index contributed by atoms with van der Waals surface area (Å²) in [4.78, 5) is 4.73. The summed E-state index contributed by atoms with van der Waals surface area (Å²) < 4.78 is 0. The molecule has 3 rings (SSSR count). The lowest BCUT2D eigenvalue weighted by molar-refractivity contribution is 1.07. The SMILES string of the molecule is CC1=CC(c2ccccc2)=NCc2ccccc21. The van der Waals surface area contributed by atoms with Gasteiger partial charge in [0.05, 0.1) is 12.3 Å². The first-order valence-corrected chi connectivity index (χ1v) is 6.21. The van der Waals surface area contributed by atoms with Gasteiger partial charge in [-0.3, -0.25) is 4.99 Å². The third kappa shape index (κ3) is 2.00. The zero-order valence-electron chi connectivity index (χ0n) is 10.4. The fourth-order valence-corrected chi connectivity index (χ4v) is 2.33. The van der Waals surface area contributed by atoms with Gasteiger partial charge in [0.25, 0.3) is 0 Å². The first-order valence-electron chi connectivity index (χ1n) is 6.21. The summed E-state index contributed by atoms with van der Waals surface area (Å²) in [6.45, 7) is 2.91. The standard InChI is InChI=1S/C17H15N/c1-13-11-17(14-7-3-2-4-8-14)18-12-15-9-5-6-10-16(13)15/h2-11H,12H2,1H3. The van der Waals surface area contributed by atoms with E-state index < -0.39 is 0 Å². The molecule has 1 aliphatic heterocycles. The minimum Gasteiger partial charge on any atom is -0.280 e. The highest BCUT2D eigenvalue weighted by atomic mass is 14.7. The Labute approximate surface area is 108 Å². The molecule has 1 nitrogen and oxygen atoms in total. The number of fused-ring (bicyclic) bond motifs is 1. The lowest BCUT2D eigenvalue weighted by Gasteiger charge is -2.04. The Balaban J connectivity index is 2.07. The van der Waals surface area contributed by atoms with E-state index in [4.69, 9.17) is 4.99 Å². The predicted molar refractivity (Wildman–Crippen MR) is 76.8 cm³/mol. The van der Waals surface area contributed by atoms with Crippen molar-refractivity contribution in [3.8, 4) is 0 Å². The van der Waals surface area contributed by atoms with Crippen molar-refractivity contribution in [3.05, 3.63) is 77.4 Å². The Bertz CT molecular complexity index is 621. The third-order valence-corrected chi connectivity index (χ3v) is 3.28. The highest BCUT2D eigenvalue weighted by molar-refractivity contribution is 6.12. The number of nitrogens with zero attached hydrogens (tertiary/aromatic N) is 1. The molecule has 18 heavy (non-hydrogen) atoms. The Morgan fingerprint density at radius 2 is 1.61 bits per heavy atom. The maximum Gasteiger partial charge on any atom is 0.0653 e. The van der Waals surface area contributed by atoms with E-state index in [1.54, 1.807) is 0 Å². The zero-order valence-corrected chi connectivity index (χ0v) is 10.4. The summed E-state index contributed by atoms with van der Waals surface area (Å²) in [7, 11) is 0. The molecule has 1 aliphatic rings. The second-order valence-corrected chi connectivity index (χ2v) is 4.55. The molecule has 1 heterocycles. The van der Waals surface area contributed by atoms with Gasteiger partial charge in [0.1, 0.15) is 0 Å². The third-order valence-electron chi connectivity index (χ3n) is 3.28. The number of hydrogen-bond donors (Lipinski definition) is 0. The normalized spacial score (nSPS) is 14.3. The van der Waals surface area contributed by atoms with Crippen molar-refractivity contribution >= 4 is 11.3 Å². The van der Waals surface area contributed by atoms with Crippen LogP contribution in [0.25, 0.3) is 5.57 Å². The topological polar surface area (TPSA) is 12.4 Å². The molecule has 88 valence electrons. The van der Waals surface area contributed by atoms with Gasteiger partial charge in [0.2, 0.25) is 0 Å². The van der Waals surface area contributed by atoms with Crippen molar-refractivity contribution in [2.75, 3.05) is 0 Å². The van der Waals surface area contributed by atoms with Gasteiger partial charge in [-0.1, -0.05) is 54.6 Å². The maximum absolute atomic E-state index is 4.73. The van der Waals surface area contributed by atoms with E-state index in [2.05, 4.69) is 61.5 Å². The summed E-state index contributed by atoms with van der Waals surface area (Å²) in [5.74, 6) is 0. The minimum atomic E-state index is 0.758. The first-order chi connectivity index (χ1) is 8.84. The molecule has 0 amide bonds. The molecule has 0 saturated carbocycles. The van der Waals surface area contributed by atoms with Gasteiger partial charge in [-0.15, -0.1) is 0 Å². The number of rotatable bonds is 1. The summed E-state index contributed by atoms with van der Waals surface area (Å²) in [5.41, 5.74) is 6.16. The van der Waals surface area contributed by atoms with Crippen molar-refractivity contribution in [1.82, 2.24) is 0 Å². The van der Waals surface area contributed by atoms with Crippen LogP contribution in [-0.4, -0.2) is 5.71 Å². The fourth-order valence-electron chi connectivity index (χ4n) is 2.33. The van der Waals surface area contributed by atoms with E-state index in [1.807, 2.05) is 6.07 Å². The molecule has 0 aliphatic carbocycles. The van der Waals surface area contributed by atoms with E-state index in [0.717, 1.165) is 12.3 Å². The van der Waals surface area contributed by atoms with Crippen LogP contribution in [0.5, 0.6) is 0 Å². The van der Waals surface area contributed by atoms with Crippen LogP contribution in [0, 0.1) is 0 Å². The molecule has 2 aromatic rings. The Kier molecular flexibility index (Phi) is 2.81. The molecule has 2 aromatic carbocycles. The maximum atomic E-state index is 4.73. The van der Waals surface area contributed by atoms with E-state index in [0.29, 0.717) is 0 Å². The highest BCUT2D eigenvalue weighted by Gasteiger charge is 2.09. The number of allylic oxidation sites excluding steroid dienone is 2. The van der Waals surface area contributed by atoms with Crippen LogP contribution in [-0.2, 0) is 6.54 Å². The smallest absolute Gasteiger partial charge is 0.0653 e. The molecule has 0 fully saturated rings. The van der Waals surface area contributed by atoms with Gasteiger partial charge < -0.3 is 0 Å². The van der Waals surface area contributed by atoms with E-state index in [1.165, 1.54) is 22.3 Å². The Morgan fingerprint density at radius 1 is 0.889 bits per heavy atom. The second kappa shape index (κ2) is 4.61. The zero-order chi connectivity index (χ0) is 12.4. The second-order valence-electron chi connectivity index (χ2n) is 4.55. The van der Waals surface area contributed by atoms with Crippen LogP contribution in [0.3, 0.4) is 0 Å². The Morgan fingerprint density at radius 3 is 2.44 bits per heavy atom. The van der Waals surface area contributed by atoms with Crippen LogP contribution in [0.4, 0.5) is 0 Å². The number of benzene rings is 2. The van der Waals surface area contributed by atoms with Gasteiger partial charge >= 0.3 is 0 Å². The summed E-state index contributed by atoms with van der Waals surface area (Å²) in [6, 6.07) is 18.9. The molecule has 0 unspecified atom stereocenters. The van der Waals surface area contributed by atoms with Crippen molar-refractivity contribution < 1.29 is 0 Å². The first kappa shape index (κ1) is 11.0. The summed E-state index contributed by atoms with van der Waals surface area (Å²) >= 11 is 0. The number of aliphatic imine (C=N–C) groups is 1. The minimum absolute atomic E-state index is 0.758. The predicted octanol–water partition coefficient (Wildman–Crippen LogP) is 4.09. The van der Waals surface area contributed by atoms with E-state index >= 15 is 0 Å². The molecule has 1 heteroatoms. The highest BCUT2D eigenvalue weighted by Crippen LogP contribution is 2.23. The molecule has 0 atom stereocenters. The summed E-state index contributed by atoms with van der Waals surface area (Å²) in [6.07, 6.45) is 2.18. The molecule has 0 radical (unpaired) electrons. The molecule has 0 N–H and O–H groups in total. The lowest BCUT2D eigenvalue weighted by atomic mass is 10.00. The van der Waals surface area contributed by atoms with Crippen LogP contribution in [0.15, 0.2) is 65.7 Å². The van der Waals surface area contributed by atoms with Crippen molar-refractivity contribution in [1.29, 1.82) is 0 Å². The largest absolute Gasteiger partial charge is 0.280 e. The van der Waals surface area contributed by atoms with Gasteiger partial charge in [0, 0.05) is 0 Å². The molecular weight excluding hydrogens is 218 g/mol. The van der Waals surface area contributed by atoms with Gasteiger partial charge in [0.15, 0.2) is 0 Å². The molecular formula is C17H15N. The van der Waals surface area contributed by atoms with E-state index in [-0.39, 0.29) is 0 Å². The van der Waals surface area contributed by atoms with Crippen LogP contribution in [0.1, 0.15) is 23.6 Å².